The average Bonchev–Trinajstić information content (AvgIpc) is 3.20. The van der Waals surface area contributed by atoms with E-state index in [4.69, 9.17) is 4.74 Å². The number of unbranched alkanes of at least 4 members (excludes halogenated alkanes) is 1. The van der Waals surface area contributed by atoms with Gasteiger partial charge in [0.05, 0.1) is 22.3 Å². The van der Waals surface area contributed by atoms with Crippen molar-refractivity contribution in [3.63, 3.8) is 0 Å². The molecule has 0 spiro atoms. The summed E-state index contributed by atoms with van der Waals surface area (Å²) in [7, 11) is 1.69. The minimum Gasteiger partial charge on any atom is -0.497 e. The van der Waals surface area contributed by atoms with Gasteiger partial charge in [-0.1, -0.05) is 24.3 Å². The number of nitrogens with zero attached hydrogens (tertiary/aromatic N) is 3. The zero-order chi connectivity index (χ0) is 20.8. The average molecular weight is 424 g/mol. The third kappa shape index (κ3) is 5.37. The summed E-state index contributed by atoms with van der Waals surface area (Å²) >= 11 is 1.77. The molecule has 1 aromatic heterocycles. The van der Waals surface area contributed by atoms with Crippen LogP contribution in [-0.2, 0) is 17.8 Å². The summed E-state index contributed by atoms with van der Waals surface area (Å²) in [6, 6.07) is 16.5. The molecule has 158 valence electrons. The molecule has 1 amide bonds. The minimum atomic E-state index is 0.295. The largest absolute Gasteiger partial charge is 0.497 e. The highest BCUT2D eigenvalue weighted by Crippen LogP contribution is 2.23. The Labute approximate surface area is 182 Å². The van der Waals surface area contributed by atoms with Gasteiger partial charge in [-0.15, -0.1) is 11.3 Å². The standard InChI is InChI=1S/C24H29N3O2S/c1-29-20-12-10-19(11-13-20)18-26-14-16-27(17-15-26)24(28)9-5-4-8-23-25-21-6-2-3-7-22(21)30-23/h2-3,6-7,10-13H,4-5,8-9,14-18H2,1H3. The molecular formula is C24H29N3O2S. The van der Waals surface area contributed by atoms with Gasteiger partial charge >= 0.3 is 0 Å². The molecule has 0 aliphatic carbocycles. The van der Waals surface area contributed by atoms with E-state index in [1.807, 2.05) is 23.1 Å². The molecule has 0 radical (unpaired) electrons. The van der Waals surface area contributed by atoms with Crippen molar-refractivity contribution in [2.75, 3.05) is 33.3 Å². The number of carbonyl (C=O) groups excluding carboxylic acids is 1. The molecule has 30 heavy (non-hydrogen) atoms. The second-order valence-corrected chi connectivity index (χ2v) is 8.90. The number of rotatable bonds is 8. The van der Waals surface area contributed by atoms with Crippen LogP contribution >= 0.6 is 11.3 Å². The zero-order valence-corrected chi connectivity index (χ0v) is 18.4. The summed E-state index contributed by atoms with van der Waals surface area (Å²) in [5.74, 6) is 1.18. The van der Waals surface area contributed by atoms with Crippen molar-refractivity contribution in [3.05, 3.63) is 59.1 Å². The molecule has 3 aromatic rings. The molecule has 6 heteroatoms. The fraction of sp³-hybridized carbons (Fsp3) is 0.417. The maximum atomic E-state index is 12.6. The number of hydrogen-bond acceptors (Lipinski definition) is 5. The number of ether oxygens (including phenoxy) is 1. The van der Waals surface area contributed by atoms with Gasteiger partial charge in [0.1, 0.15) is 5.75 Å². The first-order valence-electron chi connectivity index (χ1n) is 10.7. The Kier molecular flexibility index (Phi) is 6.97. The number of piperazine rings is 1. The molecule has 1 fully saturated rings. The van der Waals surface area contributed by atoms with Crippen LogP contribution in [0.25, 0.3) is 10.2 Å². The van der Waals surface area contributed by atoms with E-state index in [9.17, 15) is 4.79 Å². The third-order valence-electron chi connectivity index (χ3n) is 5.66. The van der Waals surface area contributed by atoms with E-state index in [0.29, 0.717) is 12.3 Å². The Morgan fingerprint density at radius 2 is 1.80 bits per heavy atom. The molecule has 0 bridgehead atoms. The Morgan fingerprint density at radius 3 is 2.53 bits per heavy atom. The predicted octanol–water partition coefficient (Wildman–Crippen LogP) is 4.36. The molecule has 0 N–H and O–H groups in total. The first-order chi connectivity index (χ1) is 14.7. The van der Waals surface area contributed by atoms with E-state index in [1.165, 1.54) is 15.3 Å². The van der Waals surface area contributed by atoms with Gasteiger partial charge in [0.15, 0.2) is 0 Å². The number of aryl methyl sites for hydroxylation is 1. The summed E-state index contributed by atoms with van der Waals surface area (Å²) in [6.45, 7) is 4.45. The monoisotopic (exact) mass is 423 g/mol. The number of hydrogen-bond donors (Lipinski definition) is 0. The van der Waals surface area contributed by atoms with Crippen molar-refractivity contribution in [2.24, 2.45) is 0 Å². The summed E-state index contributed by atoms with van der Waals surface area (Å²) in [6.07, 6.45) is 3.55. The number of fused-ring (bicyclic) bond motifs is 1. The smallest absolute Gasteiger partial charge is 0.222 e. The molecule has 1 aliphatic heterocycles. The Hall–Kier alpha value is -2.44. The van der Waals surface area contributed by atoms with Crippen LogP contribution in [0.4, 0.5) is 0 Å². The highest BCUT2D eigenvalue weighted by molar-refractivity contribution is 7.18. The van der Waals surface area contributed by atoms with Gasteiger partial charge in [-0.05, 0) is 49.1 Å². The number of carbonyl (C=O) groups is 1. The first kappa shape index (κ1) is 20.8. The first-order valence-corrected chi connectivity index (χ1v) is 11.5. The fourth-order valence-corrected chi connectivity index (χ4v) is 4.89. The Bertz CT molecular complexity index is 929. The number of para-hydroxylation sites is 1. The highest BCUT2D eigenvalue weighted by atomic mass is 32.1. The lowest BCUT2D eigenvalue weighted by atomic mass is 10.1. The normalized spacial score (nSPS) is 14.9. The molecule has 2 aromatic carbocycles. The van der Waals surface area contributed by atoms with Gasteiger partial charge in [-0.3, -0.25) is 9.69 Å². The van der Waals surface area contributed by atoms with Crippen LogP contribution in [0.2, 0.25) is 0 Å². The van der Waals surface area contributed by atoms with Crippen LogP contribution in [0.5, 0.6) is 5.75 Å². The van der Waals surface area contributed by atoms with E-state index < -0.39 is 0 Å². The Balaban J connectivity index is 1.15. The third-order valence-corrected chi connectivity index (χ3v) is 6.76. The van der Waals surface area contributed by atoms with Crippen LogP contribution in [0.3, 0.4) is 0 Å². The van der Waals surface area contributed by atoms with Crippen LogP contribution in [0.1, 0.15) is 29.8 Å². The second-order valence-electron chi connectivity index (χ2n) is 7.79. The van der Waals surface area contributed by atoms with Gasteiger partial charge < -0.3 is 9.64 Å². The van der Waals surface area contributed by atoms with E-state index in [0.717, 1.165) is 63.3 Å². The molecule has 4 rings (SSSR count). The molecule has 5 nitrogen and oxygen atoms in total. The second kappa shape index (κ2) is 10.0. The molecular weight excluding hydrogens is 394 g/mol. The number of amides is 1. The fourth-order valence-electron chi connectivity index (χ4n) is 3.88. The van der Waals surface area contributed by atoms with Gasteiger partial charge in [0, 0.05) is 39.1 Å². The van der Waals surface area contributed by atoms with Crippen LogP contribution in [0, 0.1) is 0 Å². The van der Waals surface area contributed by atoms with Crippen molar-refractivity contribution >= 4 is 27.5 Å². The number of methoxy groups -OCH3 is 1. The molecule has 0 saturated carbocycles. The molecule has 1 aliphatic rings. The van der Waals surface area contributed by atoms with Crippen molar-refractivity contribution in [3.8, 4) is 5.75 Å². The Morgan fingerprint density at radius 1 is 1.03 bits per heavy atom. The lowest BCUT2D eigenvalue weighted by Gasteiger charge is -2.34. The van der Waals surface area contributed by atoms with Crippen LogP contribution in [-0.4, -0.2) is 54.0 Å². The highest BCUT2D eigenvalue weighted by Gasteiger charge is 2.20. The summed E-state index contributed by atoms with van der Waals surface area (Å²) < 4.78 is 6.46. The molecule has 0 unspecified atom stereocenters. The maximum absolute atomic E-state index is 12.6. The van der Waals surface area contributed by atoms with Gasteiger partial charge in [-0.25, -0.2) is 4.98 Å². The molecule has 2 heterocycles. The van der Waals surface area contributed by atoms with E-state index in [-0.39, 0.29) is 0 Å². The number of thiazole rings is 1. The lowest BCUT2D eigenvalue weighted by molar-refractivity contribution is -0.133. The lowest BCUT2D eigenvalue weighted by Crippen LogP contribution is -2.48. The van der Waals surface area contributed by atoms with E-state index in [2.05, 4.69) is 40.2 Å². The van der Waals surface area contributed by atoms with Crippen LogP contribution in [0.15, 0.2) is 48.5 Å². The predicted molar refractivity (Wildman–Crippen MR) is 122 cm³/mol. The van der Waals surface area contributed by atoms with Gasteiger partial charge in [-0.2, -0.15) is 0 Å². The maximum Gasteiger partial charge on any atom is 0.222 e. The van der Waals surface area contributed by atoms with Crippen molar-refractivity contribution in [2.45, 2.75) is 32.2 Å². The van der Waals surface area contributed by atoms with Crippen molar-refractivity contribution in [1.29, 1.82) is 0 Å². The van der Waals surface area contributed by atoms with Gasteiger partial charge in [0.25, 0.3) is 0 Å². The number of aromatic nitrogens is 1. The van der Waals surface area contributed by atoms with Crippen molar-refractivity contribution < 1.29 is 9.53 Å². The SMILES string of the molecule is COc1ccc(CN2CCN(C(=O)CCCCc3nc4ccccc4s3)CC2)cc1. The summed E-state index contributed by atoms with van der Waals surface area (Å²) in [5.41, 5.74) is 2.37. The summed E-state index contributed by atoms with van der Waals surface area (Å²) in [4.78, 5) is 21.7. The zero-order valence-electron chi connectivity index (χ0n) is 17.5. The molecule has 0 atom stereocenters. The summed E-state index contributed by atoms with van der Waals surface area (Å²) in [5, 5.41) is 1.18. The minimum absolute atomic E-state index is 0.295. The van der Waals surface area contributed by atoms with Gasteiger partial charge in [0.2, 0.25) is 5.91 Å². The topological polar surface area (TPSA) is 45.7 Å². The van der Waals surface area contributed by atoms with E-state index >= 15 is 0 Å². The van der Waals surface area contributed by atoms with E-state index in [1.54, 1.807) is 18.4 Å². The molecule has 1 saturated heterocycles. The quantitative estimate of drug-likeness (QED) is 0.505. The van der Waals surface area contributed by atoms with Crippen LogP contribution < -0.4 is 4.74 Å². The number of benzene rings is 2. The van der Waals surface area contributed by atoms with Crippen molar-refractivity contribution in [1.82, 2.24) is 14.8 Å².